The van der Waals surface area contributed by atoms with E-state index in [4.69, 9.17) is 30.5 Å². The Morgan fingerprint density at radius 1 is 0.911 bits per heavy atom. The summed E-state index contributed by atoms with van der Waals surface area (Å²) >= 11 is 6.06. The molecule has 2 unspecified atom stereocenters. The van der Waals surface area contributed by atoms with Crippen molar-refractivity contribution in [2.75, 3.05) is 19.8 Å². The van der Waals surface area contributed by atoms with Gasteiger partial charge in [0, 0.05) is 17.6 Å². The van der Waals surface area contributed by atoms with Gasteiger partial charge in [-0.25, -0.2) is 9.59 Å². The SMILES string of the molecule is CC(Cc1ccc2c(c1)OC(C(=O)OCCCC1CCCC1)(C(=O)OCCCC1CCCC1)O2)NCC(O)c1cccc(Cl)c1. The van der Waals surface area contributed by atoms with E-state index < -0.39 is 23.8 Å². The molecule has 246 valence electrons. The predicted molar refractivity (Wildman–Crippen MR) is 172 cm³/mol. The Morgan fingerprint density at radius 3 is 2.11 bits per heavy atom. The van der Waals surface area contributed by atoms with Crippen molar-refractivity contribution in [3.63, 3.8) is 0 Å². The van der Waals surface area contributed by atoms with Crippen LogP contribution in [-0.2, 0) is 25.5 Å². The highest BCUT2D eigenvalue weighted by Gasteiger charge is 2.59. The molecular formula is C36H48ClNO7. The standard InChI is InChI=1S/C36H48ClNO7/c1-25(38-24-31(39)29-15-6-16-30(37)23-29)21-28-17-18-32-33(22-28)45-36(44-32,34(40)42-19-7-13-26-9-2-3-10-26)35(41)43-20-8-14-27-11-4-5-12-27/h6,15-18,22-23,25-27,31,38-39H,2-5,7-14,19-21,24H2,1H3. The Balaban J connectivity index is 1.18. The molecule has 45 heavy (non-hydrogen) atoms. The van der Waals surface area contributed by atoms with Crippen molar-refractivity contribution < 1.29 is 33.6 Å². The molecule has 2 fully saturated rings. The lowest BCUT2D eigenvalue weighted by atomic mass is 10.0. The minimum absolute atomic E-state index is 0.0126. The normalized spacial score (nSPS) is 19.0. The third-order valence-corrected chi connectivity index (χ3v) is 9.65. The molecule has 2 atom stereocenters. The summed E-state index contributed by atoms with van der Waals surface area (Å²) < 4.78 is 23.2. The Hall–Kier alpha value is -2.81. The van der Waals surface area contributed by atoms with E-state index in [-0.39, 0.29) is 19.3 Å². The van der Waals surface area contributed by atoms with Crippen LogP contribution in [0.2, 0.25) is 5.02 Å². The molecule has 2 aromatic carbocycles. The maximum absolute atomic E-state index is 13.4. The van der Waals surface area contributed by atoms with Crippen LogP contribution in [0.3, 0.4) is 0 Å². The first kappa shape index (κ1) is 33.6. The quantitative estimate of drug-likeness (QED) is 0.114. The lowest BCUT2D eigenvalue weighted by Gasteiger charge is -2.23. The summed E-state index contributed by atoms with van der Waals surface area (Å²) in [5.74, 6) is -2.12. The van der Waals surface area contributed by atoms with E-state index >= 15 is 0 Å². The van der Waals surface area contributed by atoms with Crippen LogP contribution in [0.1, 0.15) is 101 Å². The van der Waals surface area contributed by atoms with Crippen LogP contribution in [0.15, 0.2) is 42.5 Å². The van der Waals surface area contributed by atoms with Crippen LogP contribution in [0.5, 0.6) is 11.5 Å². The van der Waals surface area contributed by atoms with Gasteiger partial charge in [-0.1, -0.05) is 81.2 Å². The van der Waals surface area contributed by atoms with Gasteiger partial charge in [0.25, 0.3) is 0 Å². The molecule has 2 N–H and O–H groups in total. The zero-order valence-electron chi connectivity index (χ0n) is 26.4. The molecule has 3 aliphatic rings. The topological polar surface area (TPSA) is 103 Å². The van der Waals surface area contributed by atoms with E-state index in [0.717, 1.165) is 36.8 Å². The van der Waals surface area contributed by atoms with Crippen LogP contribution in [0.4, 0.5) is 0 Å². The predicted octanol–water partition coefficient (Wildman–Crippen LogP) is 7.09. The summed E-state index contributed by atoms with van der Waals surface area (Å²) in [5, 5.41) is 14.5. The highest BCUT2D eigenvalue weighted by molar-refractivity contribution is 6.30. The van der Waals surface area contributed by atoms with Gasteiger partial charge in [0.2, 0.25) is 0 Å². The minimum atomic E-state index is -2.31. The summed E-state index contributed by atoms with van der Waals surface area (Å²) in [5.41, 5.74) is 1.66. The molecule has 0 saturated heterocycles. The largest absolute Gasteiger partial charge is 0.459 e. The first-order chi connectivity index (χ1) is 21.8. The Labute approximate surface area is 272 Å². The third kappa shape index (κ3) is 9.14. The van der Waals surface area contributed by atoms with Crippen molar-refractivity contribution in [2.45, 2.75) is 108 Å². The number of benzene rings is 2. The fraction of sp³-hybridized carbons (Fsp3) is 0.611. The first-order valence-corrected chi connectivity index (χ1v) is 17.2. The van der Waals surface area contributed by atoms with Crippen molar-refractivity contribution in [2.24, 2.45) is 11.8 Å². The molecule has 1 heterocycles. The number of fused-ring (bicyclic) bond motifs is 1. The van der Waals surface area contributed by atoms with E-state index in [1.807, 2.05) is 25.1 Å². The lowest BCUT2D eigenvalue weighted by Crippen LogP contribution is -2.56. The summed E-state index contributed by atoms with van der Waals surface area (Å²) in [6.07, 6.45) is 13.4. The van der Waals surface area contributed by atoms with Crippen molar-refractivity contribution in [1.82, 2.24) is 5.32 Å². The molecule has 2 saturated carbocycles. The van der Waals surface area contributed by atoms with Crippen molar-refractivity contribution in [3.8, 4) is 11.5 Å². The highest BCUT2D eigenvalue weighted by atomic mass is 35.5. The number of carbonyl (C=O) groups is 2. The second-order valence-corrected chi connectivity index (χ2v) is 13.5. The minimum Gasteiger partial charge on any atom is -0.459 e. The second-order valence-electron chi connectivity index (χ2n) is 13.0. The number of rotatable bonds is 16. The van der Waals surface area contributed by atoms with Gasteiger partial charge < -0.3 is 29.4 Å². The molecule has 2 aliphatic carbocycles. The molecule has 1 aliphatic heterocycles. The van der Waals surface area contributed by atoms with Gasteiger partial charge in [-0.2, -0.15) is 0 Å². The molecule has 0 radical (unpaired) electrons. The van der Waals surface area contributed by atoms with Gasteiger partial charge in [0.15, 0.2) is 11.5 Å². The fourth-order valence-electron chi connectivity index (χ4n) is 6.86. The third-order valence-electron chi connectivity index (χ3n) is 9.42. The smallest absolute Gasteiger partial charge is 0.453 e. The van der Waals surface area contributed by atoms with Crippen LogP contribution in [0, 0.1) is 11.8 Å². The van der Waals surface area contributed by atoms with E-state index in [2.05, 4.69) is 5.32 Å². The fourth-order valence-corrected chi connectivity index (χ4v) is 7.05. The van der Waals surface area contributed by atoms with Gasteiger partial charge in [-0.05, 0) is 86.3 Å². The number of esters is 2. The van der Waals surface area contributed by atoms with E-state index in [9.17, 15) is 14.7 Å². The number of hydrogen-bond donors (Lipinski definition) is 2. The monoisotopic (exact) mass is 641 g/mol. The average Bonchev–Trinajstić information content (AvgIpc) is 3.82. The van der Waals surface area contributed by atoms with Crippen molar-refractivity contribution in [3.05, 3.63) is 58.6 Å². The van der Waals surface area contributed by atoms with Crippen LogP contribution < -0.4 is 14.8 Å². The van der Waals surface area contributed by atoms with Crippen LogP contribution >= 0.6 is 11.6 Å². The van der Waals surface area contributed by atoms with Crippen molar-refractivity contribution >= 4 is 23.5 Å². The molecule has 0 amide bonds. The maximum atomic E-state index is 13.4. The molecule has 9 heteroatoms. The Kier molecular flexibility index (Phi) is 12.0. The summed E-state index contributed by atoms with van der Waals surface area (Å²) in [7, 11) is 0. The van der Waals surface area contributed by atoms with E-state index in [1.54, 1.807) is 24.3 Å². The lowest BCUT2D eigenvalue weighted by molar-refractivity contribution is -0.202. The molecule has 0 aromatic heterocycles. The Bertz CT molecular complexity index is 1240. The Morgan fingerprint density at radius 2 is 1.51 bits per heavy atom. The highest BCUT2D eigenvalue weighted by Crippen LogP contribution is 2.42. The summed E-state index contributed by atoms with van der Waals surface area (Å²) in [6.45, 7) is 2.77. The molecule has 0 bridgehead atoms. The van der Waals surface area contributed by atoms with Gasteiger partial charge in [0.1, 0.15) is 0 Å². The number of aliphatic hydroxyl groups excluding tert-OH is 1. The molecule has 8 nitrogen and oxygen atoms in total. The van der Waals surface area contributed by atoms with Crippen LogP contribution in [-0.4, -0.2) is 48.6 Å². The summed E-state index contributed by atoms with van der Waals surface area (Å²) in [6, 6.07) is 12.6. The molecule has 0 spiro atoms. The van der Waals surface area contributed by atoms with Gasteiger partial charge >= 0.3 is 17.7 Å². The van der Waals surface area contributed by atoms with E-state index in [0.29, 0.717) is 41.3 Å². The number of ether oxygens (including phenoxy) is 4. The molecule has 5 rings (SSSR count). The van der Waals surface area contributed by atoms with Gasteiger partial charge in [-0.3, -0.25) is 0 Å². The number of aliphatic hydroxyl groups is 1. The maximum Gasteiger partial charge on any atom is 0.453 e. The van der Waals surface area contributed by atoms with Gasteiger partial charge in [-0.15, -0.1) is 0 Å². The first-order valence-electron chi connectivity index (χ1n) is 16.8. The zero-order chi connectivity index (χ0) is 31.6. The summed E-state index contributed by atoms with van der Waals surface area (Å²) in [4.78, 5) is 26.9. The number of hydrogen-bond acceptors (Lipinski definition) is 8. The second kappa shape index (κ2) is 16.1. The average molecular weight is 642 g/mol. The number of nitrogens with one attached hydrogen (secondary N) is 1. The number of carbonyl (C=O) groups excluding carboxylic acids is 2. The van der Waals surface area contributed by atoms with E-state index in [1.165, 1.54) is 51.4 Å². The van der Waals surface area contributed by atoms with Crippen LogP contribution in [0.25, 0.3) is 0 Å². The molecular weight excluding hydrogens is 594 g/mol. The van der Waals surface area contributed by atoms with Gasteiger partial charge in [0.05, 0.1) is 19.3 Å². The zero-order valence-corrected chi connectivity index (χ0v) is 27.2. The van der Waals surface area contributed by atoms with Crippen molar-refractivity contribution in [1.29, 1.82) is 0 Å². The molecule has 2 aromatic rings. The number of halogens is 1.